The van der Waals surface area contributed by atoms with E-state index in [1.165, 1.54) is 4.90 Å². The van der Waals surface area contributed by atoms with E-state index in [9.17, 15) is 9.59 Å². The number of nitrogens with one attached hydrogen (secondary N) is 1. The molecule has 1 aliphatic rings. The molecule has 1 fully saturated rings. The molecule has 0 radical (unpaired) electrons. The van der Waals surface area contributed by atoms with Gasteiger partial charge in [-0.25, -0.2) is 4.79 Å². The van der Waals surface area contributed by atoms with E-state index in [4.69, 9.17) is 27.9 Å². The standard InChI is InChI=1S/C18H16Cl2N2O3/c1-18(14-7-6-12(19)9-15(14)20)16(23)22(17(24)21-18)10-11-4-3-5-13(8-11)25-2/h3-9H,10H2,1-2H3,(H,21,24)/t18-/m1/s1. The number of methoxy groups -OCH3 is 1. The second-order valence-corrected chi connectivity index (χ2v) is 6.77. The lowest BCUT2D eigenvalue weighted by Crippen LogP contribution is -2.41. The molecule has 2 aromatic carbocycles. The molecule has 25 heavy (non-hydrogen) atoms. The molecule has 7 heteroatoms. The molecule has 2 aromatic rings. The highest BCUT2D eigenvalue weighted by molar-refractivity contribution is 6.35. The number of halogens is 2. The quantitative estimate of drug-likeness (QED) is 0.818. The van der Waals surface area contributed by atoms with Crippen LogP contribution >= 0.6 is 23.2 Å². The van der Waals surface area contributed by atoms with Gasteiger partial charge in [0.2, 0.25) is 0 Å². The van der Waals surface area contributed by atoms with Gasteiger partial charge in [0.25, 0.3) is 5.91 Å². The van der Waals surface area contributed by atoms with Gasteiger partial charge in [0, 0.05) is 15.6 Å². The Morgan fingerprint density at radius 1 is 1.16 bits per heavy atom. The first-order valence-electron chi connectivity index (χ1n) is 7.57. The fraction of sp³-hybridized carbons (Fsp3) is 0.222. The summed E-state index contributed by atoms with van der Waals surface area (Å²) >= 11 is 12.2. The van der Waals surface area contributed by atoms with Crippen molar-refractivity contribution in [1.82, 2.24) is 10.2 Å². The predicted octanol–water partition coefficient (Wildman–Crippen LogP) is 3.97. The number of urea groups is 1. The summed E-state index contributed by atoms with van der Waals surface area (Å²) in [7, 11) is 1.56. The number of ether oxygens (including phenoxy) is 1. The van der Waals surface area contributed by atoms with E-state index in [0.29, 0.717) is 21.4 Å². The predicted molar refractivity (Wildman–Crippen MR) is 95.9 cm³/mol. The zero-order valence-electron chi connectivity index (χ0n) is 13.7. The van der Waals surface area contributed by atoms with Crippen molar-refractivity contribution in [3.63, 3.8) is 0 Å². The SMILES string of the molecule is COc1cccc(CN2C(=O)N[C@](C)(c3ccc(Cl)cc3Cl)C2=O)c1. The highest BCUT2D eigenvalue weighted by Crippen LogP contribution is 2.35. The molecule has 3 amide bonds. The molecule has 1 atom stereocenters. The largest absolute Gasteiger partial charge is 0.497 e. The molecule has 0 aliphatic carbocycles. The van der Waals surface area contributed by atoms with Crippen molar-refractivity contribution in [1.29, 1.82) is 0 Å². The summed E-state index contributed by atoms with van der Waals surface area (Å²) in [5.41, 5.74) is 0.0526. The van der Waals surface area contributed by atoms with E-state index >= 15 is 0 Å². The van der Waals surface area contributed by atoms with Crippen LogP contribution < -0.4 is 10.1 Å². The van der Waals surface area contributed by atoms with E-state index in [0.717, 1.165) is 5.56 Å². The van der Waals surface area contributed by atoms with E-state index in [-0.39, 0.29) is 12.5 Å². The van der Waals surface area contributed by atoms with Crippen molar-refractivity contribution in [3.8, 4) is 5.75 Å². The Hall–Kier alpha value is -2.24. The van der Waals surface area contributed by atoms with Gasteiger partial charge >= 0.3 is 6.03 Å². The Kier molecular flexibility index (Phi) is 4.62. The number of imide groups is 1. The van der Waals surface area contributed by atoms with Crippen LogP contribution in [0.3, 0.4) is 0 Å². The molecule has 130 valence electrons. The van der Waals surface area contributed by atoms with E-state index < -0.39 is 11.6 Å². The third kappa shape index (κ3) is 3.17. The number of hydrogen-bond donors (Lipinski definition) is 1. The summed E-state index contributed by atoms with van der Waals surface area (Å²) in [5, 5.41) is 3.52. The smallest absolute Gasteiger partial charge is 0.325 e. The number of carbonyl (C=O) groups is 2. The lowest BCUT2D eigenvalue weighted by atomic mass is 9.92. The van der Waals surface area contributed by atoms with Crippen molar-refractivity contribution in [2.45, 2.75) is 19.0 Å². The Morgan fingerprint density at radius 3 is 2.60 bits per heavy atom. The highest BCUT2D eigenvalue weighted by Gasteiger charge is 2.49. The number of rotatable bonds is 4. The van der Waals surface area contributed by atoms with Crippen LogP contribution in [0.5, 0.6) is 5.75 Å². The van der Waals surface area contributed by atoms with Crippen molar-refractivity contribution < 1.29 is 14.3 Å². The minimum Gasteiger partial charge on any atom is -0.497 e. The third-order valence-electron chi connectivity index (χ3n) is 4.22. The number of nitrogens with zero attached hydrogens (tertiary/aromatic N) is 1. The minimum absolute atomic E-state index is 0.142. The third-order valence-corrected chi connectivity index (χ3v) is 4.77. The fourth-order valence-electron chi connectivity index (χ4n) is 2.87. The summed E-state index contributed by atoms with van der Waals surface area (Å²) in [6.45, 7) is 1.77. The molecule has 3 rings (SSSR count). The zero-order chi connectivity index (χ0) is 18.2. The lowest BCUT2D eigenvalue weighted by Gasteiger charge is -2.23. The maximum Gasteiger partial charge on any atom is 0.325 e. The summed E-state index contributed by atoms with van der Waals surface area (Å²) in [4.78, 5) is 26.5. The Labute approximate surface area is 155 Å². The van der Waals surface area contributed by atoms with E-state index in [2.05, 4.69) is 5.32 Å². The molecule has 5 nitrogen and oxygen atoms in total. The minimum atomic E-state index is -1.24. The van der Waals surface area contributed by atoms with Crippen LogP contribution in [0.25, 0.3) is 0 Å². The summed E-state index contributed by atoms with van der Waals surface area (Å²) in [6.07, 6.45) is 0. The van der Waals surface area contributed by atoms with Crippen LogP contribution in [0, 0.1) is 0 Å². The number of hydrogen-bond acceptors (Lipinski definition) is 3. The van der Waals surface area contributed by atoms with Crippen LogP contribution in [-0.2, 0) is 16.9 Å². The van der Waals surface area contributed by atoms with Crippen LogP contribution in [0.1, 0.15) is 18.1 Å². The normalized spacial score (nSPS) is 19.9. The Bertz CT molecular complexity index is 856. The molecule has 1 N–H and O–H groups in total. The van der Waals surface area contributed by atoms with Crippen LogP contribution in [-0.4, -0.2) is 23.9 Å². The first-order valence-corrected chi connectivity index (χ1v) is 8.33. The number of amides is 3. The van der Waals surface area contributed by atoms with Crippen molar-refractivity contribution in [2.75, 3.05) is 7.11 Å². The van der Waals surface area contributed by atoms with E-state index in [1.54, 1.807) is 44.4 Å². The second-order valence-electron chi connectivity index (χ2n) is 5.92. The monoisotopic (exact) mass is 378 g/mol. The zero-order valence-corrected chi connectivity index (χ0v) is 15.2. The summed E-state index contributed by atoms with van der Waals surface area (Å²) < 4.78 is 5.18. The van der Waals surface area contributed by atoms with Gasteiger partial charge in [0.15, 0.2) is 0 Å². The number of carbonyl (C=O) groups excluding carboxylic acids is 2. The van der Waals surface area contributed by atoms with Gasteiger partial charge in [-0.3, -0.25) is 9.69 Å². The molecule has 0 aromatic heterocycles. The molecule has 0 bridgehead atoms. The molecule has 0 spiro atoms. The van der Waals surface area contributed by atoms with Gasteiger partial charge in [-0.1, -0.05) is 41.4 Å². The van der Waals surface area contributed by atoms with Gasteiger partial charge in [0.05, 0.1) is 13.7 Å². The van der Waals surface area contributed by atoms with Crippen LogP contribution in [0.2, 0.25) is 10.0 Å². The molecule has 1 saturated heterocycles. The topological polar surface area (TPSA) is 58.6 Å². The van der Waals surface area contributed by atoms with E-state index in [1.807, 2.05) is 12.1 Å². The maximum absolute atomic E-state index is 13.0. The second kappa shape index (κ2) is 6.58. The molecule has 0 unspecified atom stereocenters. The number of benzene rings is 2. The van der Waals surface area contributed by atoms with Gasteiger partial charge in [0.1, 0.15) is 11.3 Å². The summed E-state index contributed by atoms with van der Waals surface area (Å²) in [6, 6.07) is 11.6. The molecule has 0 saturated carbocycles. The van der Waals surface area contributed by atoms with Gasteiger partial charge in [-0.15, -0.1) is 0 Å². The first-order chi connectivity index (χ1) is 11.8. The molecule has 1 heterocycles. The van der Waals surface area contributed by atoms with Crippen molar-refractivity contribution in [2.24, 2.45) is 0 Å². The molecular weight excluding hydrogens is 363 g/mol. The lowest BCUT2D eigenvalue weighted by molar-refractivity contribution is -0.131. The average molecular weight is 379 g/mol. The maximum atomic E-state index is 13.0. The summed E-state index contributed by atoms with van der Waals surface area (Å²) in [5.74, 6) is 0.289. The highest BCUT2D eigenvalue weighted by atomic mass is 35.5. The Balaban J connectivity index is 1.91. The fourth-order valence-corrected chi connectivity index (χ4v) is 3.47. The Morgan fingerprint density at radius 2 is 1.92 bits per heavy atom. The van der Waals surface area contributed by atoms with Gasteiger partial charge in [-0.05, 0) is 36.8 Å². The van der Waals surface area contributed by atoms with Crippen molar-refractivity contribution >= 4 is 35.1 Å². The average Bonchev–Trinajstić information content (AvgIpc) is 2.79. The first kappa shape index (κ1) is 17.6. The van der Waals surface area contributed by atoms with Gasteiger partial charge < -0.3 is 10.1 Å². The van der Waals surface area contributed by atoms with Crippen molar-refractivity contribution in [3.05, 3.63) is 63.6 Å². The molecular formula is C18H16Cl2N2O3. The van der Waals surface area contributed by atoms with Crippen LogP contribution in [0.15, 0.2) is 42.5 Å². The van der Waals surface area contributed by atoms with Gasteiger partial charge in [-0.2, -0.15) is 0 Å². The van der Waals surface area contributed by atoms with Crippen LogP contribution in [0.4, 0.5) is 4.79 Å². The molecule has 1 aliphatic heterocycles.